The summed E-state index contributed by atoms with van der Waals surface area (Å²) in [5.41, 5.74) is 8.74. The lowest BCUT2D eigenvalue weighted by Crippen LogP contribution is -2.09. The molecule has 0 unspecified atom stereocenters. The third kappa shape index (κ3) is 3.00. The van der Waals surface area contributed by atoms with E-state index in [4.69, 9.17) is 15.7 Å². The standard InChI is InChI=1S/C17H21BrN6/c1-9(2)13-12-14(18)23-24(8-11-6-5-7-20-15(11)19)17(12)22-16(21-13)10(3)4/h5-7,9-10H,8H2,1-4H3,(H2,19,20). The van der Waals surface area contributed by atoms with Gasteiger partial charge in [0.05, 0.1) is 17.6 Å². The number of anilines is 1. The number of hydrogen-bond acceptors (Lipinski definition) is 5. The Balaban J connectivity index is 2.21. The van der Waals surface area contributed by atoms with Gasteiger partial charge in [-0.25, -0.2) is 19.6 Å². The summed E-state index contributed by atoms with van der Waals surface area (Å²) in [5.74, 6) is 1.88. The molecule has 3 rings (SSSR count). The second-order valence-corrected chi connectivity index (χ2v) is 7.22. The van der Waals surface area contributed by atoms with E-state index in [1.807, 2.05) is 16.8 Å². The van der Waals surface area contributed by atoms with Crippen LogP contribution in [0.5, 0.6) is 0 Å². The molecule has 0 saturated heterocycles. The number of nitrogens with zero attached hydrogens (tertiary/aromatic N) is 5. The molecule has 7 heteroatoms. The van der Waals surface area contributed by atoms with Crippen LogP contribution in [-0.2, 0) is 6.54 Å². The van der Waals surface area contributed by atoms with Gasteiger partial charge in [0.1, 0.15) is 16.2 Å². The van der Waals surface area contributed by atoms with Crippen molar-refractivity contribution < 1.29 is 0 Å². The molecular formula is C17H21BrN6. The first-order valence-corrected chi connectivity index (χ1v) is 8.81. The number of aromatic nitrogens is 5. The summed E-state index contributed by atoms with van der Waals surface area (Å²) in [5, 5.41) is 5.59. The van der Waals surface area contributed by atoms with E-state index in [9.17, 15) is 0 Å². The lowest BCUT2D eigenvalue weighted by Gasteiger charge is -2.12. The summed E-state index contributed by atoms with van der Waals surface area (Å²) in [6.45, 7) is 8.98. The number of nitrogen functional groups attached to an aromatic ring is 1. The largest absolute Gasteiger partial charge is 0.383 e. The zero-order valence-electron chi connectivity index (χ0n) is 14.3. The van der Waals surface area contributed by atoms with Crippen molar-refractivity contribution in [1.82, 2.24) is 24.7 Å². The van der Waals surface area contributed by atoms with Gasteiger partial charge < -0.3 is 5.73 Å². The van der Waals surface area contributed by atoms with Crippen molar-refractivity contribution in [3.8, 4) is 0 Å². The SMILES string of the molecule is CC(C)c1nc(C(C)C)c2c(Br)nn(Cc3cccnc3N)c2n1. The number of halogens is 1. The van der Waals surface area contributed by atoms with Gasteiger partial charge in [0.25, 0.3) is 0 Å². The first kappa shape index (κ1) is 16.8. The van der Waals surface area contributed by atoms with Crippen LogP contribution in [0.4, 0.5) is 5.82 Å². The second kappa shape index (κ2) is 6.47. The van der Waals surface area contributed by atoms with Gasteiger partial charge in [-0.3, -0.25) is 0 Å². The fraction of sp³-hybridized carbons (Fsp3) is 0.412. The van der Waals surface area contributed by atoms with Gasteiger partial charge in [-0.05, 0) is 27.9 Å². The topological polar surface area (TPSA) is 82.5 Å². The molecule has 24 heavy (non-hydrogen) atoms. The highest BCUT2D eigenvalue weighted by atomic mass is 79.9. The Hall–Kier alpha value is -2.02. The van der Waals surface area contributed by atoms with Crippen LogP contribution in [-0.4, -0.2) is 24.7 Å². The summed E-state index contributed by atoms with van der Waals surface area (Å²) < 4.78 is 2.63. The van der Waals surface area contributed by atoms with E-state index in [1.54, 1.807) is 6.20 Å². The van der Waals surface area contributed by atoms with E-state index in [0.717, 1.165) is 32.7 Å². The van der Waals surface area contributed by atoms with E-state index in [0.29, 0.717) is 12.4 Å². The summed E-state index contributed by atoms with van der Waals surface area (Å²) in [4.78, 5) is 13.7. The minimum Gasteiger partial charge on any atom is -0.383 e. The molecule has 0 aliphatic heterocycles. The molecule has 2 N–H and O–H groups in total. The number of rotatable bonds is 4. The highest BCUT2D eigenvalue weighted by Gasteiger charge is 2.20. The lowest BCUT2D eigenvalue weighted by atomic mass is 10.1. The van der Waals surface area contributed by atoms with Gasteiger partial charge >= 0.3 is 0 Å². The molecule has 0 radical (unpaired) electrons. The average Bonchev–Trinajstić information content (AvgIpc) is 2.85. The van der Waals surface area contributed by atoms with E-state index in [1.165, 1.54) is 0 Å². The molecule has 0 fully saturated rings. The fourth-order valence-corrected chi connectivity index (χ4v) is 3.18. The molecule has 3 aromatic rings. The Kier molecular flexibility index (Phi) is 4.54. The van der Waals surface area contributed by atoms with Crippen LogP contribution in [0, 0.1) is 0 Å². The van der Waals surface area contributed by atoms with Gasteiger partial charge in [-0.2, -0.15) is 5.10 Å². The van der Waals surface area contributed by atoms with Gasteiger partial charge in [-0.1, -0.05) is 33.8 Å². The summed E-state index contributed by atoms with van der Waals surface area (Å²) in [6.07, 6.45) is 1.69. The summed E-state index contributed by atoms with van der Waals surface area (Å²) in [7, 11) is 0. The van der Waals surface area contributed by atoms with Crippen LogP contribution in [0.1, 0.15) is 56.6 Å². The predicted octanol–water partition coefficient (Wildman–Crippen LogP) is 3.86. The Labute approximate surface area is 149 Å². The van der Waals surface area contributed by atoms with Crippen molar-refractivity contribution in [2.75, 3.05) is 5.73 Å². The molecule has 0 amide bonds. The highest BCUT2D eigenvalue weighted by molar-refractivity contribution is 9.10. The molecule has 3 aromatic heterocycles. The van der Waals surface area contributed by atoms with Gasteiger partial charge in [0.2, 0.25) is 0 Å². The monoisotopic (exact) mass is 388 g/mol. The van der Waals surface area contributed by atoms with Crippen LogP contribution >= 0.6 is 15.9 Å². The predicted molar refractivity (Wildman–Crippen MR) is 99.0 cm³/mol. The Morgan fingerprint density at radius 2 is 1.92 bits per heavy atom. The molecular weight excluding hydrogens is 368 g/mol. The molecule has 0 aromatic carbocycles. The van der Waals surface area contributed by atoms with Crippen LogP contribution in [0.2, 0.25) is 0 Å². The normalized spacial score (nSPS) is 11.8. The number of pyridine rings is 1. The van der Waals surface area contributed by atoms with E-state index < -0.39 is 0 Å². The molecule has 0 aliphatic carbocycles. The maximum Gasteiger partial charge on any atom is 0.163 e. The van der Waals surface area contributed by atoms with E-state index >= 15 is 0 Å². The van der Waals surface area contributed by atoms with Crippen molar-refractivity contribution in [2.24, 2.45) is 0 Å². The Morgan fingerprint density at radius 1 is 1.17 bits per heavy atom. The van der Waals surface area contributed by atoms with Crippen molar-refractivity contribution in [3.63, 3.8) is 0 Å². The number of fused-ring (bicyclic) bond motifs is 1. The average molecular weight is 389 g/mol. The van der Waals surface area contributed by atoms with Crippen molar-refractivity contribution in [1.29, 1.82) is 0 Å². The van der Waals surface area contributed by atoms with Crippen LogP contribution < -0.4 is 5.73 Å². The van der Waals surface area contributed by atoms with Crippen LogP contribution in [0.3, 0.4) is 0 Å². The molecule has 0 spiro atoms. The Morgan fingerprint density at radius 3 is 2.54 bits per heavy atom. The first-order valence-electron chi connectivity index (χ1n) is 8.01. The lowest BCUT2D eigenvalue weighted by molar-refractivity contribution is 0.686. The zero-order chi connectivity index (χ0) is 17.4. The van der Waals surface area contributed by atoms with Crippen molar-refractivity contribution in [2.45, 2.75) is 46.1 Å². The van der Waals surface area contributed by atoms with Gasteiger partial charge in [-0.15, -0.1) is 0 Å². The molecule has 3 heterocycles. The van der Waals surface area contributed by atoms with E-state index in [2.05, 4.69) is 53.7 Å². The first-order chi connectivity index (χ1) is 11.4. The smallest absolute Gasteiger partial charge is 0.163 e. The minimum atomic E-state index is 0.248. The maximum absolute atomic E-state index is 5.98. The molecule has 0 saturated carbocycles. The molecule has 0 bridgehead atoms. The number of nitrogens with two attached hydrogens (primary N) is 1. The van der Waals surface area contributed by atoms with Gasteiger partial charge in [0, 0.05) is 17.7 Å². The third-order valence-electron chi connectivity index (χ3n) is 3.90. The van der Waals surface area contributed by atoms with E-state index in [-0.39, 0.29) is 11.8 Å². The third-order valence-corrected chi connectivity index (χ3v) is 4.46. The highest BCUT2D eigenvalue weighted by Crippen LogP contribution is 2.31. The molecule has 0 atom stereocenters. The summed E-state index contributed by atoms with van der Waals surface area (Å²) in [6, 6.07) is 3.83. The minimum absolute atomic E-state index is 0.248. The summed E-state index contributed by atoms with van der Waals surface area (Å²) >= 11 is 3.57. The van der Waals surface area contributed by atoms with Gasteiger partial charge in [0.15, 0.2) is 5.65 Å². The second-order valence-electron chi connectivity index (χ2n) is 6.47. The maximum atomic E-state index is 5.98. The quantitative estimate of drug-likeness (QED) is 0.733. The molecule has 0 aliphatic rings. The zero-order valence-corrected chi connectivity index (χ0v) is 15.9. The number of hydrogen-bond donors (Lipinski definition) is 1. The molecule has 6 nitrogen and oxygen atoms in total. The Bertz CT molecular complexity index is 884. The van der Waals surface area contributed by atoms with Crippen molar-refractivity contribution in [3.05, 3.63) is 40.0 Å². The fourth-order valence-electron chi connectivity index (χ4n) is 2.60. The van der Waals surface area contributed by atoms with Crippen LogP contribution in [0.25, 0.3) is 11.0 Å². The molecule has 126 valence electrons. The van der Waals surface area contributed by atoms with Crippen LogP contribution in [0.15, 0.2) is 22.9 Å². The van der Waals surface area contributed by atoms with Crippen molar-refractivity contribution >= 4 is 32.8 Å².